The summed E-state index contributed by atoms with van der Waals surface area (Å²) in [6.07, 6.45) is 0.803. The van der Waals surface area contributed by atoms with Gasteiger partial charge in [0.25, 0.3) is 0 Å². The molecule has 1 aliphatic heterocycles. The first kappa shape index (κ1) is 19.0. The number of likely N-dealkylation sites (N-methyl/N-ethyl adjacent to an activating group) is 1. The quantitative estimate of drug-likeness (QED) is 0.814. The fraction of sp³-hybridized carbons (Fsp3) is 0.500. The summed E-state index contributed by atoms with van der Waals surface area (Å²) in [6, 6.07) is 2.95. The van der Waals surface area contributed by atoms with Crippen molar-refractivity contribution in [1.29, 1.82) is 0 Å². The third kappa shape index (κ3) is 3.83. The Morgan fingerprint density at radius 2 is 2.14 bits per heavy atom. The van der Waals surface area contributed by atoms with Gasteiger partial charge in [-0.25, -0.2) is 8.42 Å². The van der Waals surface area contributed by atoms with Gasteiger partial charge in [0, 0.05) is 24.1 Å². The van der Waals surface area contributed by atoms with Crippen molar-refractivity contribution < 1.29 is 13.2 Å². The van der Waals surface area contributed by atoms with Gasteiger partial charge in [0.1, 0.15) is 5.75 Å². The average Bonchev–Trinajstić information content (AvgIpc) is 2.93. The lowest BCUT2D eigenvalue weighted by atomic mass is 10.3. The fourth-order valence-electron chi connectivity index (χ4n) is 2.17. The van der Waals surface area contributed by atoms with Gasteiger partial charge in [-0.2, -0.15) is 4.31 Å². The second-order valence-electron chi connectivity index (χ2n) is 4.59. The molecule has 1 atom stereocenters. The van der Waals surface area contributed by atoms with Crippen molar-refractivity contribution in [1.82, 2.24) is 9.62 Å². The van der Waals surface area contributed by atoms with Crippen LogP contribution in [0.4, 0.5) is 0 Å². The molecule has 0 aromatic heterocycles. The zero-order chi connectivity index (χ0) is 14.9. The van der Waals surface area contributed by atoms with Crippen LogP contribution in [0.15, 0.2) is 21.5 Å². The molecule has 120 valence electrons. The number of sulfonamides is 1. The van der Waals surface area contributed by atoms with E-state index >= 15 is 0 Å². The van der Waals surface area contributed by atoms with Gasteiger partial charge in [0.05, 0.1) is 17.0 Å². The zero-order valence-corrected chi connectivity index (χ0v) is 15.6. The number of hydrogen-bond donors (Lipinski definition) is 1. The molecular formula is C12H17BrCl2N2O3S. The van der Waals surface area contributed by atoms with E-state index < -0.39 is 10.0 Å². The number of nitrogens with zero attached hydrogens (tertiary/aromatic N) is 1. The molecule has 1 N–H and O–H groups in total. The Kier molecular flexibility index (Phi) is 6.77. The first-order valence-corrected chi connectivity index (χ1v) is 8.71. The summed E-state index contributed by atoms with van der Waals surface area (Å²) in [5.41, 5.74) is 0. The monoisotopic (exact) mass is 418 g/mol. The second-order valence-corrected chi connectivity index (χ2v) is 7.81. The molecule has 9 heteroatoms. The van der Waals surface area contributed by atoms with Crippen LogP contribution in [0, 0.1) is 0 Å². The highest BCUT2D eigenvalue weighted by atomic mass is 79.9. The highest BCUT2D eigenvalue weighted by Crippen LogP contribution is 2.35. The molecule has 1 saturated heterocycles. The van der Waals surface area contributed by atoms with Crippen LogP contribution in [-0.4, -0.2) is 46.0 Å². The normalized spacial score (nSPS) is 18.6. The van der Waals surface area contributed by atoms with Gasteiger partial charge < -0.3 is 10.1 Å². The number of benzene rings is 1. The minimum absolute atomic E-state index is 0. The Hall–Kier alpha value is -0.0500. The summed E-state index contributed by atoms with van der Waals surface area (Å²) < 4.78 is 32.2. The molecular weight excluding hydrogens is 403 g/mol. The van der Waals surface area contributed by atoms with E-state index in [0.717, 1.165) is 13.0 Å². The lowest BCUT2D eigenvalue weighted by Gasteiger charge is -2.24. The minimum atomic E-state index is -3.59. The van der Waals surface area contributed by atoms with Crippen LogP contribution in [0.3, 0.4) is 0 Å². The maximum absolute atomic E-state index is 12.7. The Balaban J connectivity index is 0.00000220. The van der Waals surface area contributed by atoms with Gasteiger partial charge in [0.15, 0.2) is 0 Å². The van der Waals surface area contributed by atoms with Crippen molar-refractivity contribution in [3.8, 4) is 5.75 Å². The van der Waals surface area contributed by atoms with Crippen LogP contribution in [0.2, 0.25) is 5.02 Å². The maximum Gasteiger partial charge on any atom is 0.244 e. The molecule has 1 aromatic carbocycles. The van der Waals surface area contributed by atoms with Crippen LogP contribution in [-0.2, 0) is 10.0 Å². The van der Waals surface area contributed by atoms with Crippen molar-refractivity contribution in [3.63, 3.8) is 0 Å². The van der Waals surface area contributed by atoms with Crippen LogP contribution in [0.25, 0.3) is 0 Å². The van der Waals surface area contributed by atoms with Crippen molar-refractivity contribution in [2.24, 2.45) is 0 Å². The summed E-state index contributed by atoms with van der Waals surface area (Å²) in [7, 11) is -0.515. The molecule has 1 unspecified atom stereocenters. The van der Waals surface area contributed by atoms with E-state index in [2.05, 4.69) is 21.2 Å². The maximum atomic E-state index is 12.7. The van der Waals surface area contributed by atoms with Crippen molar-refractivity contribution >= 4 is 50.0 Å². The highest BCUT2D eigenvalue weighted by Gasteiger charge is 2.31. The van der Waals surface area contributed by atoms with Gasteiger partial charge in [-0.15, -0.1) is 12.4 Å². The molecule has 0 saturated carbocycles. The molecule has 0 aliphatic carbocycles. The van der Waals surface area contributed by atoms with Crippen molar-refractivity contribution in [2.75, 3.05) is 27.2 Å². The van der Waals surface area contributed by atoms with Gasteiger partial charge >= 0.3 is 0 Å². The van der Waals surface area contributed by atoms with Gasteiger partial charge in [-0.1, -0.05) is 11.6 Å². The standard InChI is InChI=1S/C12H16BrClN2O3S.ClH/c1-16(8-3-4-15-7-8)20(17,18)12-6-10(14)11(19-2)5-9(12)13;/h5-6,8,15H,3-4,7H2,1-2H3;1H. The number of nitrogens with one attached hydrogen (secondary N) is 1. The Morgan fingerprint density at radius 3 is 2.67 bits per heavy atom. The van der Waals surface area contributed by atoms with E-state index in [9.17, 15) is 8.42 Å². The van der Waals surface area contributed by atoms with Crippen LogP contribution in [0.5, 0.6) is 5.75 Å². The smallest absolute Gasteiger partial charge is 0.244 e. The molecule has 0 radical (unpaired) electrons. The number of methoxy groups -OCH3 is 1. The van der Waals surface area contributed by atoms with E-state index in [-0.39, 0.29) is 28.4 Å². The molecule has 0 spiro atoms. The van der Waals surface area contributed by atoms with E-state index in [4.69, 9.17) is 16.3 Å². The fourth-order valence-corrected chi connectivity index (χ4v) is 4.86. The van der Waals surface area contributed by atoms with Crippen LogP contribution in [0.1, 0.15) is 6.42 Å². The van der Waals surface area contributed by atoms with Crippen LogP contribution < -0.4 is 10.1 Å². The second kappa shape index (κ2) is 7.48. The topological polar surface area (TPSA) is 58.6 Å². The van der Waals surface area contributed by atoms with Gasteiger partial charge in [-0.05, 0) is 41.0 Å². The van der Waals surface area contributed by atoms with E-state index in [0.29, 0.717) is 16.8 Å². The summed E-state index contributed by atoms with van der Waals surface area (Å²) in [4.78, 5) is 0.151. The Labute approximate surface area is 144 Å². The van der Waals surface area contributed by atoms with E-state index in [1.165, 1.54) is 17.5 Å². The predicted molar refractivity (Wildman–Crippen MR) is 89.2 cm³/mol. The third-order valence-electron chi connectivity index (χ3n) is 3.41. The minimum Gasteiger partial charge on any atom is -0.495 e. The van der Waals surface area contributed by atoms with Crippen molar-refractivity contribution in [2.45, 2.75) is 17.4 Å². The molecule has 5 nitrogen and oxygen atoms in total. The summed E-state index contributed by atoms with van der Waals surface area (Å²) in [6.45, 7) is 1.49. The lowest BCUT2D eigenvalue weighted by molar-refractivity contribution is 0.387. The Morgan fingerprint density at radius 1 is 1.48 bits per heavy atom. The molecule has 21 heavy (non-hydrogen) atoms. The highest BCUT2D eigenvalue weighted by molar-refractivity contribution is 9.10. The van der Waals surface area contributed by atoms with Crippen molar-refractivity contribution in [3.05, 3.63) is 21.6 Å². The Bertz CT molecular complexity index is 607. The zero-order valence-electron chi connectivity index (χ0n) is 11.6. The number of rotatable bonds is 4. The van der Waals surface area contributed by atoms with Gasteiger partial charge in [-0.3, -0.25) is 0 Å². The largest absolute Gasteiger partial charge is 0.495 e. The predicted octanol–water partition coefficient (Wildman–Crippen LogP) is 2.52. The van der Waals surface area contributed by atoms with E-state index in [1.807, 2.05) is 0 Å². The number of ether oxygens (including phenoxy) is 1. The molecule has 2 rings (SSSR count). The first-order valence-electron chi connectivity index (χ1n) is 6.09. The summed E-state index contributed by atoms with van der Waals surface area (Å²) in [5, 5.41) is 3.43. The molecule has 1 heterocycles. The average molecular weight is 420 g/mol. The van der Waals surface area contributed by atoms with Crippen LogP contribution >= 0.6 is 39.9 Å². The van der Waals surface area contributed by atoms with E-state index in [1.54, 1.807) is 13.1 Å². The first-order chi connectivity index (χ1) is 9.37. The number of hydrogen-bond acceptors (Lipinski definition) is 4. The molecule has 1 aromatic rings. The summed E-state index contributed by atoms with van der Waals surface area (Å²) >= 11 is 9.31. The van der Waals surface area contributed by atoms with Gasteiger partial charge in [0.2, 0.25) is 10.0 Å². The SMILES string of the molecule is COc1cc(Br)c(S(=O)(=O)N(C)C2CCNC2)cc1Cl.Cl. The third-order valence-corrected chi connectivity index (χ3v) is 6.58. The number of halogens is 3. The molecule has 1 aliphatic rings. The molecule has 1 fully saturated rings. The molecule has 0 amide bonds. The summed E-state index contributed by atoms with van der Waals surface area (Å²) in [5.74, 6) is 0.433. The molecule has 0 bridgehead atoms. The lowest BCUT2D eigenvalue weighted by Crippen LogP contribution is -2.38.